The quantitative estimate of drug-likeness (QED) is 0.373. The van der Waals surface area contributed by atoms with E-state index in [9.17, 15) is 9.18 Å². The van der Waals surface area contributed by atoms with Crippen LogP contribution in [0, 0.1) is 23.5 Å². The Labute approximate surface area is 209 Å². The number of ether oxygens (including phenoxy) is 2. The number of rotatable bonds is 11. The van der Waals surface area contributed by atoms with E-state index in [4.69, 9.17) is 19.7 Å². The Morgan fingerprint density at radius 3 is 2.47 bits per heavy atom. The molecule has 1 saturated carbocycles. The number of carboxylic acids is 1. The number of nitrogens with zero attached hydrogens (tertiary/aromatic N) is 2. The van der Waals surface area contributed by atoms with Crippen molar-refractivity contribution in [3.63, 3.8) is 0 Å². The van der Waals surface area contributed by atoms with Gasteiger partial charge < -0.3 is 14.6 Å². The zero-order chi connectivity index (χ0) is 25.5. The maximum absolute atomic E-state index is 15.1. The van der Waals surface area contributed by atoms with Crippen LogP contribution in [0.3, 0.4) is 0 Å². The van der Waals surface area contributed by atoms with Crippen LogP contribution in [0.2, 0.25) is 0 Å². The van der Waals surface area contributed by atoms with Crippen molar-refractivity contribution >= 4 is 5.97 Å². The minimum absolute atomic E-state index is 0.200. The van der Waals surface area contributed by atoms with Crippen molar-refractivity contribution in [2.24, 2.45) is 11.8 Å². The molecular weight excluding hydrogens is 466 g/mol. The second kappa shape index (κ2) is 12.2. The summed E-state index contributed by atoms with van der Waals surface area (Å²) in [5.74, 6) is -2.00. The smallest absolute Gasteiger partial charge is 0.329 e. The lowest BCUT2D eigenvalue weighted by Crippen LogP contribution is -2.24. The molecule has 0 aliphatic heterocycles. The lowest BCUT2D eigenvalue weighted by atomic mass is 9.82. The van der Waals surface area contributed by atoms with Gasteiger partial charge in [-0.25, -0.2) is 13.6 Å². The molecule has 6 nitrogen and oxygen atoms in total. The number of carboxylic acid groups (broad SMARTS) is 1. The lowest BCUT2D eigenvalue weighted by Gasteiger charge is -2.28. The molecule has 1 aliphatic carbocycles. The predicted molar refractivity (Wildman–Crippen MR) is 132 cm³/mol. The molecule has 0 spiro atoms. The second-order valence-electron chi connectivity index (χ2n) is 9.36. The Hall–Kier alpha value is -3.10. The number of aromatic nitrogens is 2. The van der Waals surface area contributed by atoms with Crippen LogP contribution in [0.25, 0.3) is 22.4 Å². The van der Waals surface area contributed by atoms with Crippen molar-refractivity contribution < 1.29 is 28.2 Å². The third kappa shape index (κ3) is 6.17. The van der Waals surface area contributed by atoms with E-state index in [0.717, 1.165) is 43.0 Å². The second-order valence-corrected chi connectivity index (χ2v) is 9.36. The fraction of sp³-hybridized carbons (Fsp3) is 0.429. The van der Waals surface area contributed by atoms with Crippen molar-refractivity contribution in [1.82, 2.24) is 9.78 Å². The molecule has 2 aromatic carbocycles. The average Bonchev–Trinajstić information content (AvgIpc) is 3.23. The summed E-state index contributed by atoms with van der Waals surface area (Å²) in [4.78, 5) is 10.7. The SMILES string of the molecule is COCCc1c(-c2cccc(F)c2F)c(-c2ccccc2)nn1C[C@H]1CC[C@H](COCC(=O)O)CC1. The first kappa shape index (κ1) is 26.0. The minimum Gasteiger partial charge on any atom is -0.480 e. The van der Waals surface area contributed by atoms with Crippen LogP contribution in [-0.4, -0.2) is 47.8 Å². The van der Waals surface area contributed by atoms with E-state index in [1.807, 2.05) is 35.0 Å². The van der Waals surface area contributed by atoms with Crippen LogP contribution in [0.15, 0.2) is 48.5 Å². The van der Waals surface area contributed by atoms with Crippen LogP contribution in [0.5, 0.6) is 0 Å². The Kier molecular flexibility index (Phi) is 8.83. The third-order valence-electron chi connectivity index (χ3n) is 6.85. The highest BCUT2D eigenvalue weighted by Crippen LogP contribution is 2.38. The number of hydrogen-bond donors (Lipinski definition) is 1. The highest BCUT2D eigenvalue weighted by molar-refractivity contribution is 5.83. The summed E-state index contributed by atoms with van der Waals surface area (Å²) < 4.78 is 41.9. The van der Waals surface area contributed by atoms with Gasteiger partial charge in [-0.15, -0.1) is 0 Å². The van der Waals surface area contributed by atoms with Crippen molar-refractivity contribution in [1.29, 1.82) is 0 Å². The summed E-state index contributed by atoms with van der Waals surface area (Å²) in [6.07, 6.45) is 4.36. The normalized spacial score (nSPS) is 17.9. The highest BCUT2D eigenvalue weighted by Gasteiger charge is 2.27. The Balaban J connectivity index is 1.64. The number of halogens is 2. The molecule has 192 valence electrons. The van der Waals surface area contributed by atoms with Gasteiger partial charge in [0.05, 0.1) is 13.2 Å². The fourth-order valence-corrected chi connectivity index (χ4v) is 5.02. The molecule has 0 bridgehead atoms. The van der Waals surface area contributed by atoms with E-state index < -0.39 is 17.6 Å². The number of hydrogen-bond acceptors (Lipinski definition) is 4. The van der Waals surface area contributed by atoms with Gasteiger partial charge in [0, 0.05) is 42.5 Å². The molecule has 1 N–H and O–H groups in total. The summed E-state index contributed by atoms with van der Waals surface area (Å²) in [5, 5.41) is 13.7. The van der Waals surface area contributed by atoms with Gasteiger partial charge in [0.1, 0.15) is 12.3 Å². The first-order valence-corrected chi connectivity index (χ1v) is 12.4. The van der Waals surface area contributed by atoms with Crippen molar-refractivity contribution in [3.8, 4) is 22.4 Å². The van der Waals surface area contributed by atoms with Gasteiger partial charge in [-0.05, 0) is 43.6 Å². The van der Waals surface area contributed by atoms with Gasteiger partial charge in [0.2, 0.25) is 0 Å². The molecule has 1 aromatic heterocycles. The van der Waals surface area contributed by atoms with Crippen LogP contribution in [0.4, 0.5) is 8.78 Å². The molecule has 0 unspecified atom stereocenters. The Morgan fingerprint density at radius 1 is 1.06 bits per heavy atom. The Bertz CT molecular complexity index is 1160. The van der Waals surface area contributed by atoms with Crippen molar-refractivity contribution in [2.45, 2.75) is 38.6 Å². The minimum atomic E-state index is -0.953. The largest absolute Gasteiger partial charge is 0.480 e. The third-order valence-corrected chi connectivity index (χ3v) is 6.85. The summed E-state index contributed by atoms with van der Waals surface area (Å²) >= 11 is 0. The molecule has 0 saturated heterocycles. The monoisotopic (exact) mass is 498 g/mol. The average molecular weight is 499 g/mol. The molecule has 0 atom stereocenters. The van der Waals surface area contributed by atoms with Crippen molar-refractivity contribution in [2.75, 3.05) is 26.9 Å². The fourth-order valence-electron chi connectivity index (χ4n) is 5.02. The van der Waals surface area contributed by atoms with E-state index in [1.165, 1.54) is 6.07 Å². The van der Waals surface area contributed by atoms with E-state index in [1.54, 1.807) is 13.2 Å². The maximum Gasteiger partial charge on any atom is 0.329 e. The Morgan fingerprint density at radius 2 is 1.78 bits per heavy atom. The topological polar surface area (TPSA) is 73.6 Å². The first-order valence-electron chi connectivity index (χ1n) is 12.4. The zero-order valence-corrected chi connectivity index (χ0v) is 20.5. The summed E-state index contributed by atoms with van der Waals surface area (Å²) in [6.45, 7) is 1.29. The molecule has 4 rings (SSSR count). The molecule has 0 radical (unpaired) electrons. The number of methoxy groups -OCH3 is 1. The van der Waals surface area contributed by atoms with Gasteiger partial charge in [-0.1, -0.05) is 42.5 Å². The molecule has 1 heterocycles. The zero-order valence-electron chi connectivity index (χ0n) is 20.5. The number of benzene rings is 2. The van der Waals surface area contributed by atoms with Crippen molar-refractivity contribution in [3.05, 3.63) is 65.9 Å². The van der Waals surface area contributed by atoms with E-state index in [-0.39, 0.29) is 12.2 Å². The van der Waals surface area contributed by atoms with Gasteiger partial charge >= 0.3 is 5.97 Å². The molecule has 1 fully saturated rings. The predicted octanol–water partition coefficient (Wildman–Crippen LogP) is 5.59. The molecule has 0 amide bonds. The molecule has 8 heteroatoms. The number of aliphatic carboxylic acids is 1. The standard InChI is InChI=1S/C28H32F2N2O4/c1-35-15-14-24-26(22-8-5-9-23(29)27(22)30)28(21-6-3-2-4-7-21)31-32(24)16-19-10-12-20(13-11-19)17-36-18-25(33)34/h2-9,19-20H,10-18H2,1H3,(H,33,34)/t19-,20-. The van der Waals surface area contributed by atoms with Gasteiger partial charge in [0.25, 0.3) is 0 Å². The number of carbonyl (C=O) groups is 1. The summed E-state index contributed by atoms with van der Waals surface area (Å²) in [7, 11) is 1.62. The van der Waals surface area contributed by atoms with Gasteiger partial charge in [-0.2, -0.15) is 5.10 Å². The van der Waals surface area contributed by atoms with Crippen LogP contribution < -0.4 is 0 Å². The van der Waals surface area contributed by atoms with Crippen LogP contribution >= 0.6 is 0 Å². The van der Waals surface area contributed by atoms with Gasteiger partial charge in [-0.3, -0.25) is 4.68 Å². The van der Waals surface area contributed by atoms with Gasteiger partial charge in [0.15, 0.2) is 11.6 Å². The van der Waals surface area contributed by atoms with E-state index in [0.29, 0.717) is 49.3 Å². The molecule has 36 heavy (non-hydrogen) atoms. The molecular formula is C28H32F2N2O4. The van der Waals surface area contributed by atoms with E-state index in [2.05, 4.69) is 0 Å². The van der Waals surface area contributed by atoms with Crippen LogP contribution in [-0.2, 0) is 27.2 Å². The highest BCUT2D eigenvalue weighted by atomic mass is 19.2. The summed E-state index contributed by atoms with van der Waals surface area (Å²) in [6, 6.07) is 13.8. The summed E-state index contributed by atoms with van der Waals surface area (Å²) in [5.41, 5.74) is 3.10. The molecule has 3 aromatic rings. The maximum atomic E-state index is 15.1. The van der Waals surface area contributed by atoms with Crippen LogP contribution in [0.1, 0.15) is 31.4 Å². The lowest BCUT2D eigenvalue weighted by molar-refractivity contribution is -0.142. The van der Waals surface area contributed by atoms with E-state index >= 15 is 4.39 Å². The first-order chi connectivity index (χ1) is 17.5. The molecule has 1 aliphatic rings.